The van der Waals surface area contributed by atoms with Gasteiger partial charge in [-0.15, -0.1) is 11.3 Å². The fraction of sp³-hybridized carbons (Fsp3) is 0.150. The van der Waals surface area contributed by atoms with Crippen LogP contribution >= 0.6 is 22.9 Å². The van der Waals surface area contributed by atoms with Gasteiger partial charge in [-0.2, -0.15) is 8.78 Å². The predicted octanol–water partition coefficient (Wildman–Crippen LogP) is 4.07. The van der Waals surface area contributed by atoms with Crippen molar-refractivity contribution in [2.75, 3.05) is 18.5 Å². The minimum absolute atomic E-state index is 0.00319. The number of carbonyl (C=O) groups excluding carboxylic acids is 3. The van der Waals surface area contributed by atoms with E-state index >= 15 is 0 Å². The highest BCUT2D eigenvalue weighted by Gasteiger charge is 2.18. The third kappa shape index (κ3) is 5.89. The van der Waals surface area contributed by atoms with Gasteiger partial charge in [-0.1, -0.05) is 41.9 Å². The maximum Gasteiger partial charge on any atom is 0.387 e. The molecule has 0 radical (unpaired) electrons. The summed E-state index contributed by atoms with van der Waals surface area (Å²) in [6, 6.07) is 12.8. The summed E-state index contributed by atoms with van der Waals surface area (Å²) in [5, 5.41) is 5.71. The topological polar surface area (TPSA) is 93.7 Å². The Labute approximate surface area is 183 Å². The quantitative estimate of drug-likeness (QED) is 0.486. The minimum atomic E-state index is -3.06. The van der Waals surface area contributed by atoms with Crippen LogP contribution in [-0.2, 0) is 14.3 Å². The number of fused-ring (bicyclic) bond motifs is 1. The normalized spacial score (nSPS) is 10.7. The number of hydrogen-bond donors (Lipinski definition) is 2. The van der Waals surface area contributed by atoms with Crippen LogP contribution in [0.4, 0.5) is 14.5 Å². The van der Waals surface area contributed by atoms with Crippen LogP contribution in [0.15, 0.2) is 48.5 Å². The number of esters is 1. The van der Waals surface area contributed by atoms with E-state index in [4.69, 9.17) is 16.3 Å². The minimum Gasteiger partial charge on any atom is -0.454 e. The van der Waals surface area contributed by atoms with E-state index in [1.165, 1.54) is 35.6 Å². The van der Waals surface area contributed by atoms with Crippen LogP contribution in [0.2, 0.25) is 5.02 Å². The van der Waals surface area contributed by atoms with Crippen molar-refractivity contribution in [3.63, 3.8) is 0 Å². The van der Waals surface area contributed by atoms with E-state index in [9.17, 15) is 23.2 Å². The van der Waals surface area contributed by atoms with Gasteiger partial charge in [0.25, 0.3) is 11.8 Å². The van der Waals surface area contributed by atoms with Crippen molar-refractivity contribution < 1.29 is 32.6 Å². The monoisotopic (exact) mass is 468 g/mol. The second kappa shape index (κ2) is 10.2. The van der Waals surface area contributed by atoms with Crippen molar-refractivity contribution >= 4 is 56.5 Å². The Hall–Kier alpha value is -3.24. The first kappa shape index (κ1) is 22.4. The second-order valence-electron chi connectivity index (χ2n) is 6.01. The summed E-state index contributed by atoms with van der Waals surface area (Å²) in [6.07, 6.45) is 0. The first-order chi connectivity index (χ1) is 14.8. The van der Waals surface area contributed by atoms with E-state index < -0.39 is 37.5 Å². The van der Waals surface area contributed by atoms with Gasteiger partial charge in [0.2, 0.25) is 0 Å². The van der Waals surface area contributed by atoms with Gasteiger partial charge in [-0.3, -0.25) is 14.4 Å². The molecule has 7 nitrogen and oxygen atoms in total. The van der Waals surface area contributed by atoms with E-state index in [1.54, 1.807) is 12.1 Å². The molecule has 11 heteroatoms. The fourth-order valence-electron chi connectivity index (χ4n) is 2.54. The summed E-state index contributed by atoms with van der Waals surface area (Å²) in [7, 11) is 0. The third-order valence-corrected chi connectivity index (χ3v) is 5.55. The number of carbonyl (C=O) groups is 3. The number of anilines is 1. The maximum atomic E-state index is 12.4. The van der Waals surface area contributed by atoms with E-state index in [2.05, 4.69) is 15.4 Å². The number of nitrogens with one attached hydrogen (secondary N) is 2. The number of halogens is 3. The highest BCUT2D eigenvalue weighted by Crippen LogP contribution is 2.34. The molecule has 0 saturated heterocycles. The van der Waals surface area contributed by atoms with Gasteiger partial charge in [0.1, 0.15) is 17.2 Å². The number of rotatable bonds is 8. The molecule has 31 heavy (non-hydrogen) atoms. The van der Waals surface area contributed by atoms with Crippen molar-refractivity contribution in [3.8, 4) is 5.75 Å². The number of hydrogen-bond acceptors (Lipinski definition) is 6. The number of ether oxygens (including phenoxy) is 2. The predicted molar refractivity (Wildman–Crippen MR) is 112 cm³/mol. The molecule has 2 amide bonds. The second-order valence-corrected chi connectivity index (χ2v) is 7.44. The standard InChI is InChI=1S/C20H15ClF2N2O5S/c21-17-11-5-1-4-8-14(11)31-18(17)19(28)24-9-16(27)29-10-15(26)25-12-6-2-3-7-13(12)30-20(22)23/h1-8,20H,9-10H2,(H,24,28)(H,25,26). The molecule has 0 fully saturated rings. The maximum absolute atomic E-state index is 12.4. The number of benzene rings is 2. The molecule has 1 heterocycles. The van der Waals surface area contributed by atoms with Crippen molar-refractivity contribution in [2.24, 2.45) is 0 Å². The lowest BCUT2D eigenvalue weighted by Gasteiger charge is -2.11. The Bertz CT molecular complexity index is 1120. The average molecular weight is 469 g/mol. The third-order valence-electron chi connectivity index (χ3n) is 3.88. The van der Waals surface area contributed by atoms with Crippen molar-refractivity contribution in [1.82, 2.24) is 5.32 Å². The highest BCUT2D eigenvalue weighted by molar-refractivity contribution is 7.21. The van der Waals surface area contributed by atoms with Crippen LogP contribution in [-0.4, -0.2) is 37.5 Å². The number of para-hydroxylation sites is 2. The number of amides is 2. The molecular weight excluding hydrogens is 454 g/mol. The molecule has 0 aliphatic rings. The summed E-state index contributed by atoms with van der Waals surface area (Å²) in [6.45, 7) is -4.22. The van der Waals surface area contributed by atoms with Crippen LogP contribution in [0, 0.1) is 0 Å². The number of thiophene rings is 1. The lowest BCUT2D eigenvalue weighted by molar-refractivity contribution is -0.146. The first-order valence-electron chi connectivity index (χ1n) is 8.79. The summed E-state index contributed by atoms with van der Waals surface area (Å²) in [5.41, 5.74) is -0.00319. The van der Waals surface area contributed by atoms with E-state index in [0.717, 1.165) is 10.1 Å². The van der Waals surface area contributed by atoms with E-state index in [0.29, 0.717) is 0 Å². The Balaban J connectivity index is 1.48. The molecule has 0 spiro atoms. The molecule has 0 saturated carbocycles. The molecule has 0 aliphatic carbocycles. The van der Waals surface area contributed by atoms with Gasteiger partial charge in [-0.25, -0.2) is 0 Å². The largest absolute Gasteiger partial charge is 0.454 e. The fourth-order valence-corrected chi connectivity index (χ4v) is 3.98. The van der Waals surface area contributed by atoms with Crippen LogP contribution in [0.1, 0.15) is 9.67 Å². The molecule has 3 aromatic rings. The molecule has 0 atom stereocenters. The Kier molecular flexibility index (Phi) is 7.37. The van der Waals surface area contributed by atoms with Gasteiger partial charge in [-0.05, 0) is 18.2 Å². The Morgan fingerprint density at radius 1 is 1.06 bits per heavy atom. The van der Waals surface area contributed by atoms with Crippen LogP contribution in [0.3, 0.4) is 0 Å². The molecular formula is C20H15ClF2N2O5S. The zero-order valence-electron chi connectivity index (χ0n) is 15.7. The van der Waals surface area contributed by atoms with Crippen molar-refractivity contribution in [3.05, 3.63) is 58.4 Å². The molecule has 1 aromatic heterocycles. The van der Waals surface area contributed by atoms with Crippen LogP contribution in [0.25, 0.3) is 10.1 Å². The Morgan fingerprint density at radius 2 is 1.77 bits per heavy atom. The Morgan fingerprint density at radius 3 is 2.52 bits per heavy atom. The molecule has 0 aliphatic heterocycles. The summed E-state index contributed by atoms with van der Waals surface area (Å²) >= 11 is 7.40. The molecule has 0 unspecified atom stereocenters. The molecule has 2 aromatic carbocycles. The molecule has 0 bridgehead atoms. The molecule has 162 valence electrons. The van der Waals surface area contributed by atoms with Gasteiger partial charge >= 0.3 is 12.6 Å². The SMILES string of the molecule is O=C(COC(=O)CNC(=O)c1sc2ccccc2c1Cl)Nc1ccccc1OC(F)F. The lowest BCUT2D eigenvalue weighted by Crippen LogP contribution is -2.32. The van der Waals surface area contributed by atoms with Crippen LogP contribution in [0.5, 0.6) is 5.75 Å². The van der Waals surface area contributed by atoms with Crippen molar-refractivity contribution in [2.45, 2.75) is 6.61 Å². The van der Waals surface area contributed by atoms with Gasteiger partial charge < -0.3 is 20.1 Å². The average Bonchev–Trinajstić information content (AvgIpc) is 3.08. The zero-order chi connectivity index (χ0) is 22.4. The highest BCUT2D eigenvalue weighted by atomic mass is 35.5. The van der Waals surface area contributed by atoms with Gasteiger partial charge in [0, 0.05) is 10.1 Å². The summed E-state index contributed by atoms with van der Waals surface area (Å²) in [4.78, 5) is 36.3. The summed E-state index contributed by atoms with van der Waals surface area (Å²) < 4.78 is 34.7. The van der Waals surface area contributed by atoms with Gasteiger partial charge in [0.15, 0.2) is 6.61 Å². The van der Waals surface area contributed by atoms with Crippen LogP contribution < -0.4 is 15.4 Å². The zero-order valence-corrected chi connectivity index (χ0v) is 17.3. The van der Waals surface area contributed by atoms with Gasteiger partial charge in [0.05, 0.1) is 10.7 Å². The first-order valence-corrected chi connectivity index (χ1v) is 9.99. The lowest BCUT2D eigenvalue weighted by atomic mass is 10.2. The smallest absolute Gasteiger partial charge is 0.387 e. The molecule has 2 N–H and O–H groups in total. The van der Waals surface area contributed by atoms with Crippen molar-refractivity contribution in [1.29, 1.82) is 0 Å². The van der Waals surface area contributed by atoms with E-state index in [1.807, 2.05) is 12.1 Å². The summed E-state index contributed by atoms with van der Waals surface area (Å²) in [5.74, 6) is -2.41. The van der Waals surface area contributed by atoms with E-state index in [-0.39, 0.29) is 21.3 Å². The molecule has 3 rings (SSSR count). The number of alkyl halides is 2.